The second-order valence-electron chi connectivity index (χ2n) is 8.72. The number of nitrogens with one attached hydrogen (secondary N) is 2. The van der Waals surface area contributed by atoms with Gasteiger partial charge in [0.1, 0.15) is 17.3 Å². The van der Waals surface area contributed by atoms with Crippen molar-refractivity contribution in [1.29, 1.82) is 0 Å². The maximum atomic E-state index is 14.9. The minimum atomic E-state index is -0.659. The van der Waals surface area contributed by atoms with Crippen molar-refractivity contribution >= 4 is 35.3 Å². The molecule has 0 radical (unpaired) electrons. The first kappa shape index (κ1) is 30.8. The zero-order valence-corrected chi connectivity index (χ0v) is 24.4. The Bertz CT molecular complexity index is 1240. The molecule has 0 bridgehead atoms. The standard InChI is InChI=1S/C26H33F2N7S.C2H6/c1-14-10-23(34-33-14)32-26(24(18-8-9-18)15(2)20(13-30-5)16(3)29)31-17(4)35(6)25-21(27)11-19(36-7)12-22(25)28;1-2/h10-13,18H,2,8-9,29H2,1,3-7H3,(H2,32,33,34);1-2H3/b20-16+,26-24-,30-13?,31-17+;. The molecule has 38 heavy (non-hydrogen) atoms. The van der Waals surface area contributed by atoms with Crippen LogP contribution in [0, 0.1) is 24.5 Å². The number of aryl methyl sites for hydroxylation is 1. The topological polar surface area (TPSA) is 94.7 Å². The van der Waals surface area contributed by atoms with Crippen LogP contribution in [0.15, 0.2) is 67.9 Å². The molecule has 10 heteroatoms. The molecule has 7 nitrogen and oxygen atoms in total. The van der Waals surface area contributed by atoms with Crippen LogP contribution in [0.4, 0.5) is 20.3 Å². The average Bonchev–Trinajstić information content (AvgIpc) is 3.62. The van der Waals surface area contributed by atoms with E-state index in [1.807, 2.05) is 26.8 Å². The Labute approximate surface area is 229 Å². The number of anilines is 2. The third-order valence-corrected chi connectivity index (χ3v) is 6.55. The number of aliphatic imine (C=N–C) groups is 2. The van der Waals surface area contributed by atoms with Gasteiger partial charge in [-0.3, -0.25) is 10.1 Å². The number of hydrogen-bond donors (Lipinski definition) is 3. The van der Waals surface area contributed by atoms with E-state index in [1.54, 1.807) is 40.4 Å². The summed E-state index contributed by atoms with van der Waals surface area (Å²) >= 11 is 1.27. The van der Waals surface area contributed by atoms with Crippen LogP contribution in [0.25, 0.3) is 0 Å². The molecule has 1 aromatic carbocycles. The van der Waals surface area contributed by atoms with Crippen molar-refractivity contribution in [2.24, 2.45) is 21.6 Å². The third-order valence-electron chi connectivity index (χ3n) is 5.85. The number of halogens is 2. The second kappa shape index (κ2) is 13.9. The number of thioether (sulfide) groups is 1. The van der Waals surface area contributed by atoms with Crippen molar-refractivity contribution in [1.82, 2.24) is 10.2 Å². The largest absolute Gasteiger partial charge is 0.402 e. The van der Waals surface area contributed by atoms with Gasteiger partial charge in [0.2, 0.25) is 0 Å². The molecule has 4 N–H and O–H groups in total. The summed E-state index contributed by atoms with van der Waals surface area (Å²) in [6.45, 7) is 13.7. The summed E-state index contributed by atoms with van der Waals surface area (Å²) < 4.78 is 29.7. The van der Waals surface area contributed by atoms with Crippen LogP contribution in [0.5, 0.6) is 0 Å². The van der Waals surface area contributed by atoms with E-state index >= 15 is 0 Å². The lowest BCUT2D eigenvalue weighted by atomic mass is 9.95. The van der Waals surface area contributed by atoms with Crippen molar-refractivity contribution in [2.45, 2.75) is 52.4 Å². The highest BCUT2D eigenvalue weighted by molar-refractivity contribution is 7.98. The summed E-state index contributed by atoms with van der Waals surface area (Å²) in [5, 5.41) is 10.5. The van der Waals surface area contributed by atoms with Gasteiger partial charge < -0.3 is 16.0 Å². The zero-order chi connectivity index (χ0) is 28.6. The highest BCUT2D eigenvalue weighted by Crippen LogP contribution is 2.43. The van der Waals surface area contributed by atoms with Gasteiger partial charge in [-0.05, 0) is 63.5 Å². The van der Waals surface area contributed by atoms with E-state index in [1.165, 1.54) is 28.8 Å². The molecule has 0 spiro atoms. The minimum Gasteiger partial charge on any atom is -0.402 e. The van der Waals surface area contributed by atoms with Gasteiger partial charge in [-0.1, -0.05) is 20.4 Å². The van der Waals surface area contributed by atoms with Crippen molar-refractivity contribution in [3.05, 3.63) is 70.3 Å². The first-order chi connectivity index (χ1) is 18.1. The SMILES string of the molecule is C=C(/C(C=NC)=C(\C)N)/C(=C(\N=C(/C)N(C)c1c(F)cc(SC)cc1F)Nc1cc(C)[nH]n1)C1CC1.CC. The van der Waals surface area contributed by atoms with Gasteiger partial charge >= 0.3 is 0 Å². The van der Waals surface area contributed by atoms with E-state index in [9.17, 15) is 8.78 Å². The number of aromatic nitrogens is 2. The highest BCUT2D eigenvalue weighted by atomic mass is 32.2. The Morgan fingerprint density at radius 1 is 1.24 bits per heavy atom. The normalized spacial score (nSPS) is 14.9. The first-order valence-corrected chi connectivity index (χ1v) is 13.7. The fourth-order valence-corrected chi connectivity index (χ4v) is 4.23. The van der Waals surface area contributed by atoms with E-state index in [0.717, 1.165) is 24.1 Å². The van der Waals surface area contributed by atoms with Crippen molar-refractivity contribution in [2.75, 3.05) is 30.6 Å². The zero-order valence-electron chi connectivity index (χ0n) is 23.5. The number of H-pyrrole nitrogens is 1. The molecular weight excluding hydrogens is 504 g/mol. The Balaban J connectivity index is 0.00000247. The van der Waals surface area contributed by atoms with Gasteiger partial charge in [-0.2, -0.15) is 5.10 Å². The molecule has 3 rings (SSSR count). The van der Waals surface area contributed by atoms with Crippen LogP contribution in [0.2, 0.25) is 0 Å². The van der Waals surface area contributed by atoms with Crippen LogP contribution in [-0.4, -0.2) is 42.6 Å². The van der Waals surface area contributed by atoms with Crippen molar-refractivity contribution in [3.8, 4) is 0 Å². The van der Waals surface area contributed by atoms with Gasteiger partial charge in [0.05, 0.1) is 0 Å². The lowest BCUT2D eigenvalue weighted by Gasteiger charge is -2.22. The molecule has 1 saturated carbocycles. The number of nitrogens with zero attached hydrogens (tertiary/aromatic N) is 4. The summed E-state index contributed by atoms with van der Waals surface area (Å²) in [4.78, 5) is 10.9. The summed E-state index contributed by atoms with van der Waals surface area (Å²) in [5.74, 6) is 0.317. The van der Waals surface area contributed by atoms with E-state index in [-0.39, 0.29) is 11.6 Å². The molecule has 1 fully saturated rings. The van der Waals surface area contributed by atoms with Crippen LogP contribution in [0.1, 0.15) is 46.2 Å². The maximum Gasteiger partial charge on any atom is 0.153 e. The lowest BCUT2D eigenvalue weighted by Crippen LogP contribution is -2.26. The van der Waals surface area contributed by atoms with Crippen LogP contribution in [0.3, 0.4) is 0 Å². The Morgan fingerprint density at radius 2 is 1.84 bits per heavy atom. The second-order valence-corrected chi connectivity index (χ2v) is 9.60. The Hall–Kier alpha value is -3.40. The molecule has 1 aliphatic carbocycles. The van der Waals surface area contributed by atoms with E-state index < -0.39 is 11.6 Å². The fraction of sp³-hybridized carbons (Fsp3) is 0.393. The molecule has 0 aliphatic heterocycles. The summed E-state index contributed by atoms with van der Waals surface area (Å²) in [6, 6.07) is 4.48. The highest BCUT2D eigenvalue weighted by Gasteiger charge is 2.32. The van der Waals surface area contributed by atoms with E-state index in [4.69, 9.17) is 10.7 Å². The van der Waals surface area contributed by atoms with E-state index in [2.05, 4.69) is 27.1 Å². The molecule has 0 atom stereocenters. The molecule has 1 heterocycles. The van der Waals surface area contributed by atoms with Crippen molar-refractivity contribution < 1.29 is 8.78 Å². The van der Waals surface area contributed by atoms with Gasteiger partial charge in [0, 0.05) is 53.8 Å². The van der Waals surface area contributed by atoms with Gasteiger partial charge in [0.15, 0.2) is 17.5 Å². The van der Waals surface area contributed by atoms with Crippen molar-refractivity contribution in [3.63, 3.8) is 0 Å². The van der Waals surface area contributed by atoms with Gasteiger partial charge in [-0.25, -0.2) is 13.8 Å². The lowest BCUT2D eigenvalue weighted by molar-refractivity contribution is 0.579. The fourth-order valence-electron chi connectivity index (χ4n) is 3.78. The van der Waals surface area contributed by atoms with Gasteiger partial charge in [0.25, 0.3) is 0 Å². The third kappa shape index (κ3) is 7.56. The Kier molecular flexibility index (Phi) is 11.3. The number of allylic oxidation sites excluding steroid dienone is 4. The minimum absolute atomic E-state index is 0.174. The monoisotopic (exact) mass is 543 g/mol. The molecule has 206 valence electrons. The summed E-state index contributed by atoms with van der Waals surface area (Å²) in [7, 11) is 3.26. The number of aromatic amines is 1. The number of rotatable bonds is 9. The molecule has 0 unspecified atom stereocenters. The average molecular weight is 544 g/mol. The number of nitrogens with two attached hydrogens (primary N) is 1. The van der Waals surface area contributed by atoms with Crippen LogP contribution >= 0.6 is 11.8 Å². The van der Waals surface area contributed by atoms with Gasteiger partial charge in [-0.15, -0.1) is 11.8 Å². The molecule has 2 aromatic rings. The smallest absolute Gasteiger partial charge is 0.153 e. The van der Waals surface area contributed by atoms with Crippen LogP contribution < -0.4 is 16.0 Å². The molecule has 1 aromatic heterocycles. The molecule has 0 amide bonds. The number of amidine groups is 1. The first-order valence-electron chi connectivity index (χ1n) is 12.5. The van der Waals surface area contributed by atoms with E-state index in [0.29, 0.717) is 39.2 Å². The number of hydrogen-bond acceptors (Lipinski definition) is 6. The quantitative estimate of drug-likeness (QED) is 0.140. The molecule has 1 aliphatic rings. The Morgan fingerprint density at radius 3 is 2.29 bits per heavy atom. The predicted molar refractivity (Wildman–Crippen MR) is 158 cm³/mol. The van der Waals surface area contributed by atoms with Crippen LogP contribution in [-0.2, 0) is 0 Å². The summed E-state index contributed by atoms with van der Waals surface area (Å²) in [5.41, 5.74) is 9.70. The number of benzene rings is 1. The summed E-state index contributed by atoms with van der Waals surface area (Å²) in [6.07, 6.45) is 5.37. The molecular formula is C28H39F2N7S. The predicted octanol–water partition coefficient (Wildman–Crippen LogP) is 6.82. The maximum absolute atomic E-state index is 14.9. The molecule has 0 saturated heterocycles.